The molecule has 1 aliphatic heterocycles. The molecule has 1 aromatic carbocycles. The number of piperidine rings is 1. The quantitative estimate of drug-likeness (QED) is 0.815. The lowest BCUT2D eigenvalue weighted by Crippen LogP contribution is -2.42. The Kier molecular flexibility index (Phi) is 4.85. The number of nitrogens with one attached hydrogen (secondary N) is 1. The molecule has 2 heterocycles. The number of benzene rings is 1. The first kappa shape index (κ1) is 17.3. The SMILES string of the molecule is CC(C)(C)OC(=O)N1CCC(Cc2nc3ccc(Br)cc3[nH]2)CC1. The first-order valence-electron chi connectivity index (χ1n) is 8.42. The van der Waals surface area contributed by atoms with Gasteiger partial charge in [-0.05, 0) is 57.7 Å². The zero-order valence-corrected chi connectivity index (χ0v) is 16.0. The molecule has 0 atom stereocenters. The molecule has 0 spiro atoms. The van der Waals surface area contributed by atoms with Crippen LogP contribution >= 0.6 is 15.9 Å². The van der Waals surface area contributed by atoms with Gasteiger partial charge in [0.2, 0.25) is 0 Å². The number of nitrogens with zero attached hydrogens (tertiary/aromatic N) is 2. The lowest BCUT2D eigenvalue weighted by atomic mass is 9.93. The molecule has 0 unspecified atom stereocenters. The van der Waals surface area contributed by atoms with E-state index in [4.69, 9.17) is 4.74 Å². The van der Waals surface area contributed by atoms with Crippen LogP contribution in [0.2, 0.25) is 0 Å². The maximum Gasteiger partial charge on any atom is 0.410 e. The van der Waals surface area contributed by atoms with Gasteiger partial charge in [-0.3, -0.25) is 0 Å². The number of aromatic nitrogens is 2. The molecule has 130 valence electrons. The molecule has 24 heavy (non-hydrogen) atoms. The van der Waals surface area contributed by atoms with Crippen molar-refractivity contribution in [1.29, 1.82) is 0 Å². The molecular weight excluding hydrogens is 370 g/mol. The van der Waals surface area contributed by atoms with Crippen LogP contribution in [0.4, 0.5) is 4.79 Å². The van der Waals surface area contributed by atoms with Crippen molar-refractivity contribution in [3.05, 3.63) is 28.5 Å². The third-order valence-corrected chi connectivity index (χ3v) is 4.73. The molecular formula is C18H24BrN3O2. The molecule has 1 aromatic heterocycles. The molecule has 3 rings (SSSR count). The van der Waals surface area contributed by atoms with E-state index in [2.05, 4.69) is 32.0 Å². The van der Waals surface area contributed by atoms with E-state index >= 15 is 0 Å². The van der Waals surface area contributed by atoms with E-state index in [9.17, 15) is 4.79 Å². The maximum absolute atomic E-state index is 12.1. The molecule has 0 saturated carbocycles. The molecule has 1 saturated heterocycles. The summed E-state index contributed by atoms with van der Waals surface area (Å²) in [6.45, 7) is 7.21. The first-order valence-corrected chi connectivity index (χ1v) is 9.21. The van der Waals surface area contributed by atoms with Crippen LogP contribution in [-0.2, 0) is 11.2 Å². The number of rotatable bonds is 2. The van der Waals surface area contributed by atoms with Gasteiger partial charge in [0.25, 0.3) is 0 Å². The fourth-order valence-corrected chi connectivity index (χ4v) is 3.41. The third kappa shape index (κ3) is 4.29. The molecule has 2 aromatic rings. The van der Waals surface area contributed by atoms with Gasteiger partial charge in [-0.1, -0.05) is 15.9 Å². The van der Waals surface area contributed by atoms with E-state index in [1.165, 1.54) is 0 Å². The van der Waals surface area contributed by atoms with E-state index in [1.807, 2.05) is 37.8 Å². The predicted octanol–water partition coefficient (Wildman–Crippen LogP) is 4.52. The Morgan fingerprint density at radius 3 is 2.75 bits per heavy atom. The number of fused-ring (bicyclic) bond motifs is 1. The summed E-state index contributed by atoms with van der Waals surface area (Å²) in [4.78, 5) is 22.0. The monoisotopic (exact) mass is 393 g/mol. The van der Waals surface area contributed by atoms with Crippen molar-refractivity contribution in [2.24, 2.45) is 5.92 Å². The molecule has 1 aliphatic rings. The number of ether oxygens (including phenoxy) is 1. The fraction of sp³-hybridized carbons (Fsp3) is 0.556. The highest BCUT2D eigenvalue weighted by Crippen LogP contribution is 2.24. The van der Waals surface area contributed by atoms with Crippen molar-refractivity contribution in [3.8, 4) is 0 Å². The maximum atomic E-state index is 12.1. The van der Waals surface area contributed by atoms with Crippen molar-refractivity contribution in [3.63, 3.8) is 0 Å². The number of amides is 1. The zero-order valence-electron chi connectivity index (χ0n) is 14.4. The topological polar surface area (TPSA) is 58.2 Å². The van der Waals surface area contributed by atoms with Crippen LogP contribution in [0.25, 0.3) is 11.0 Å². The minimum Gasteiger partial charge on any atom is -0.444 e. The number of halogens is 1. The Balaban J connectivity index is 1.55. The predicted molar refractivity (Wildman–Crippen MR) is 98.0 cm³/mol. The van der Waals surface area contributed by atoms with Crippen molar-refractivity contribution < 1.29 is 9.53 Å². The van der Waals surface area contributed by atoms with Crippen LogP contribution in [0.15, 0.2) is 22.7 Å². The first-order chi connectivity index (χ1) is 11.3. The molecule has 1 amide bonds. The van der Waals surface area contributed by atoms with Gasteiger partial charge in [0.15, 0.2) is 0 Å². The highest BCUT2D eigenvalue weighted by atomic mass is 79.9. The summed E-state index contributed by atoms with van der Waals surface area (Å²) >= 11 is 3.48. The van der Waals surface area contributed by atoms with E-state index in [0.29, 0.717) is 5.92 Å². The molecule has 0 radical (unpaired) electrons. The Morgan fingerprint density at radius 1 is 1.38 bits per heavy atom. The van der Waals surface area contributed by atoms with Crippen LogP contribution < -0.4 is 0 Å². The number of aromatic amines is 1. The zero-order chi connectivity index (χ0) is 17.3. The number of carbonyl (C=O) groups excluding carboxylic acids is 1. The summed E-state index contributed by atoms with van der Waals surface area (Å²) in [7, 11) is 0. The molecule has 6 heteroatoms. The van der Waals surface area contributed by atoms with Gasteiger partial charge >= 0.3 is 6.09 Å². The van der Waals surface area contributed by atoms with Gasteiger partial charge in [-0.15, -0.1) is 0 Å². The lowest BCUT2D eigenvalue weighted by Gasteiger charge is -2.33. The number of imidazole rings is 1. The Bertz CT molecular complexity index is 727. The van der Waals surface area contributed by atoms with Crippen LogP contribution in [-0.4, -0.2) is 39.7 Å². The van der Waals surface area contributed by atoms with E-state index < -0.39 is 5.60 Å². The summed E-state index contributed by atoms with van der Waals surface area (Å²) in [6.07, 6.45) is 2.70. The van der Waals surface area contributed by atoms with Gasteiger partial charge in [0.1, 0.15) is 11.4 Å². The summed E-state index contributed by atoms with van der Waals surface area (Å²) in [6, 6.07) is 6.08. The van der Waals surface area contributed by atoms with Crippen molar-refractivity contribution in [2.45, 2.75) is 45.6 Å². The largest absolute Gasteiger partial charge is 0.444 e. The summed E-state index contributed by atoms with van der Waals surface area (Å²) in [5, 5.41) is 0. The second-order valence-corrected chi connectivity index (χ2v) is 8.38. The number of likely N-dealkylation sites (tertiary alicyclic amines) is 1. The van der Waals surface area contributed by atoms with Gasteiger partial charge < -0.3 is 14.6 Å². The molecule has 0 bridgehead atoms. The van der Waals surface area contributed by atoms with Crippen molar-refractivity contribution in [1.82, 2.24) is 14.9 Å². The standard InChI is InChI=1S/C18H24BrN3O2/c1-18(2,3)24-17(23)22-8-6-12(7-9-22)10-16-20-14-5-4-13(19)11-15(14)21-16/h4-5,11-12H,6-10H2,1-3H3,(H,20,21). The van der Waals surface area contributed by atoms with Gasteiger partial charge in [0.05, 0.1) is 11.0 Å². The van der Waals surface area contributed by atoms with E-state index in [0.717, 1.165) is 53.7 Å². The average Bonchev–Trinajstić information content (AvgIpc) is 2.87. The Labute approximate surface area is 150 Å². The van der Waals surface area contributed by atoms with E-state index in [1.54, 1.807) is 0 Å². The fourth-order valence-electron chi connectivity index (χ4n) is 3.05. The molecule has 1 fully saturated rings. The number of carbonyl (C=O) groups is 1. The Morgan fingerprint density at radius 2 is 2.08 bits per heavy atom. The summed E-state index contributed by atoms with van der Waals surface area (Å²) in [5.74, 6) is 1.58. The number of hydrogen-bond acceptors (Lipinski definition) is 3. The summed E-state index contributed by atoms with van der Waals surface area (Å²) in [5.41, 5.74) is 1.63. The normalized spacial score (nSPS) is 16.6. The molecule has 1 N–H and O–H groups in total. The lowest BCUT2D eigenvalue weighted by molar-refractivity contribution is 0.0184. The Hall–Kier alpha value is -1.56. The highest BCUT2D eigenvalue weighted by molar-refractivity contribution is 9.10. The highest BCUT2D eigenvalue weighted by Gasteiger charge is 2.27. The molecule has 0 aliphatic carbocycles. The van der Waals surface area contributed by atoms with Gasteiger partial charge in [-0.2, -0.15) is 0 Å². The van der Waals surface area contributed by atoms with E-state index in [-0.39, 0.29) is 6.09 Å². The van der Waals surface area contributed by atoms with Crippen molar-refractivity contribution in [2.75, 3.05) is 13.1 Å². The van der Waals surface area contributed by atoms with Crippen LogP contribution in [0.1, 0.15) is 39.4 Å². The second-order valence-electron chi connectivity index (χ2n) is 7.46. The van der Waals surface area contributed by atoms with Crippen LogP contribution in [0.5, 0.6) is 0 Å². The number of H-pyrrole nitrogens is 1. The smallest absolute Gasteiger partial charge is 0.410 e. The summed E-state index contributed by atoms with van der Waals surface area (Å²) < 4.78 is 6.50. The second kappa shape index (κ2) is 6.75. The minimum atomic E-state index is -0.434. The minimum absolute atomic E-state index is 0.200. The number of hydrogen-bond donors (Lipinski definition) is 1. The average molecular weight is 394 g/mol. The van der Waals surface area contributed by atoms with Crippen LogP contribution in [0, 0.1) is 5.92 Å². The molecule has 5 nitrogen and oxygen atoms in total. The van der Waals surface area contributed by atoms with Gasteiger partial charge in [0, 0.05) is 24.0 Å². The van der Waals surface area contributed by atoms with Crippen molar-refractivity contribution >= 4 is 33.1 Å². The van der Waals surface area contributed by atoms with Crippen LogP contribution in [0.3, 0.4) is 0 Å². The van der Waals surface area contributed by atoms with Gasteiger partial charge in [-0.25, -0.2) is 9.78 Å². The third-order valence-electron chi connectivity index (χ3n) is 4.24.